The Morgan fingerprint density at radius 1 is 1.09 bits per heavy atom. The van der Waals surface area contributed by atoms with Crippen molar-refractivity contribution in [2.24, 2.45) is 5.10 Å². The first-order chi connectivity index (χ1) is 16.8. The quantitative estimate of drug-likeness (QED) is 0.275. The molecule has 1 atom stereocenters. The zero-order chi connectivity index (χ0) is 24.7. The maximum Gasteiger partial charge on any atom is 0.269 e. The Hall–Kier alpha value is -4.11. The Labute approximate surface area is 208 Å². The van der Waals surface area contributed by atoms with E-state index in [4.69, 9.17) is 0 Å². The molecule has 0 saturated carbocycles. The summed E-state index contributed by atoms with van der Waals surface area (Å²) >= 11 is 3.53. The van der Waals surface area contributed by atoms with Crippen LogP contribution in [0.5, 0.6) is 0 Å². The predicted octanol–water partition coefficient (Wildman–Crippen LogP) is 5.56. The standard InChI is InChI=1S/C26H19BrN4O4/c1-15(32)30-23(16-7-10-19(11-8-16)31(34)35)14-22(29-30)25-24(17-5-3-2-4-6-17)20-13-18(27)9-12-21(20)28-26(25)33/h2-13,23H,14H2,1H3,(H,28,33). The summed E-state index contributed by atoms with van der Waals surface area (Å²) in [5, 5.41) is 17.8. The normalized spacial score (nSPS) is 15.3. The number of nitrogens with zero attached hydrogens (tertiary/aromatic N) is 3. The number of pyridine rings is 1. The molecule has 35 heavy (non-hydrogen) atoms. The number of hydrazone groups is 1. The molecular weight excluding hydrogens is 512 g/mol. The van der Waals surface area contributed by atoms with Crippen LogP contribution in [0, 0.1) is 10.1 Å². The van der Waals surface area contributed by atoms with Crippen LogP contribution in [0.2, 0.25) is 0 Å². The van der Waals surface area contributed by atoms with Gasteiger partial charge in [-0.25, -0.2) is 5.01 Å². The lowest BCUT2D eigenvalue weighted by molar-refractivity contribution is -0.384. The zero-order valence-corrected chi connectivity index (χ0v) is 20.2. The van der Waals surface area contributed by atoms with Crippen LogP contribution < -0.4 is 5.56 Å². The van der Waals surface area contributed by atoms with E-state index in [1.54, 1.807) is 12.1 Å². The number of nitro groups is 1. The summed E-state index contributed by atoms with van der Waals surface area (Å²) in [5.41, 5.74) is 3.52. The van der Waals surface area contributed by atoms with Gasteiger partial charge in [0, 0.05) is 46.4 Å². The first-order valence-electron chi connectivity index (χ1n) is 10.9. The highest BCUT2D eigenvalue weighted by Crippen LogP contribution is 2.37. The number of aromatic amines is 1. The van der Waals surface area contributed by atoms with E-state index in [2.05, 4.69) is 26.0 Å². The molecule has 0 saturated heterocycles. The lowest BCUT2D eigenvalue weighted by atomic mass is 9.91. The van der Waals surface area contributed by atoms with Crippen molar-refractivity contribution in [2.75, 3.05) is 0 Å². The second kappa shape index (κ2) is 8.92. The van der Waals surface area contributed by atoms with Crippen LogP contribution in [-0.4, -0.2) is 26.5 Å². The molecule has 5 rings (SSSR count). The maximum absolute atomic E-state index is 13.4. The topological polar surface area (TPSA) is 109 Å². The van der Waals surface area contributed by atoms with Crippen molar-refractivity contribution in [1.29, 1.82) is 0 Å². The van der Waals surface area contributed by atoms with Crippen molar-refractivity contribution in [3.05, 3.63) is 109 Å². The Morgan fingerprint density at radius 3 is 2.46 bits per heavy atom. The number of rotatable bonds is 4. The minimum atomic E-state index is -0.482. The van der Waals surface area contributed by atoms with Gasteiger partial charge in [-0.3, -0.25) is 19.7 Å². The molecule has 0 bridgehead atoms. The molecule has 8 nitrogen and oxygen atoms in total. The molecule has 1 unspecified atom stereocenters. The van der Waals surface area contributed by atoms with E-state index in [-0.39, 0.29) is 17.2 Å². The maximum atomic E-state index is 13.4. The van der Waals surface area contributed by atoms with E-state index in [0.717, 1.165) is 21.0 Å². The average molecular weight is 531 g/mol. The van der Waals surface area contributed by atoms with E-state index < -0.39 is 11.0 Å². The number of benzene rings is 3. The first kappa shape index (κ1) is 22.7. The number of fused-ring (bicyclic) bond motifs is 1. The minimum absolute atomic E-state index is 0.0369. The van der Waals surface area contributed by atoms with Crippen molar-refractivity contribution in [2.45, 2.75) is 19.4 Å². The molecule has 0 fully saturated rings. The highest BCUT2D eigenvalue weighted by atomic mass is 79.9. The van der Waals surface area contributed by atoms with Gasteiger partial charge in [-0.2, -0.15) is 5.10 Å². The van der Waals surface area contributed by atoms with Gasteiger partial charge in [-0.15, -0.1) is 0 Å². The van der Waals surface area contributed by atoms with Crippen molar-refractivity contribution in [1.82, 2.24) is 9.99 Å². The number of nitro benzene ring substituents is 1. The van der Waals surface area contributed by atoms with Gasteiger partial charge in [0.2, 0.25) is 5.91 Å². The van der Waals surface area contributed by atoms with E-state index in [0.29, 0.717) is 28.8 Å². The second-order valence-corrected chi connectivity index (χ2v) is 9.15. The third-order valence-electron chi connectivity index (χ3n) is 6.05. The average Bonchev–Trinajstić information content (AvgIpc) is 3.29. The third kappa shape index (κ3) is 4.15. The molecule has 0 aliphatic carbocycles. The van der Waals surface area contributed by atoms with Gasteiger partial charge in [0.1, 0.15) is 0 Å². The van der Waals surface area contributed by atoms with Crippen LogP contribution in [0.15, 0.2) is 87.2 Å². The van der Waals surface area contributed by atoms with Crippen LogP contribution in [-0.2, 0) is 4.79 Å². The fourth-order valence-corrected chi connectivity index (χ4v) is 4.84. The number of carbonyl (C=O) groups excluding carboxylic acids is 1. The summed E-state index contributed by atoms with van der Waals surface area (Å²) < 4.78 is 0.864. The Morgan fingerprint density at radius 2 is 1.80 bits per heavy atom. The number of aromatic nitrogens is 1. The summed E-state index contributed by atoms with van der Waals surface area (Å²) in [4.78, 5) is 39.5. The highest BCUT2D eigenvalue weighted by Gasteiger charge is 2.34. The van der Waals surface area contributed by atoms with Crippen LogP contribution >= 0.6 is 15.9 Å². The van der Waals surface area contributed by atoms with E-state index in [9.17, 15) is 19.7 Å². The SMILES string of the molecule is CC(=O)N1N=C(c2c(-c3ccccc3)c3cc(Br)ccc3[nH]c2=O)CC1c1ccc([N+](=O)[O-])cc1. The molecule has 2 heterocycles. The van der Waals surface area contributed by atoms with Gasteiger partial charge in [0.15, 0.2) is 0 Å². The van der Waals surface area contributed by atoms with Crippen LogP contribution in [0.1, 0.15) is 30.5 Å². The van der Waals surface area contributed by atoms with Gasteiger partial charge in [0.05, 0.1) is 22.2 Å². The minimum Gasteiger partial charge on any atom is -0.321 e. The fourth-order valence-electron chi connectivity index (χ4n) is 4.47. The van der Waals surface area contributed by atoms with Gasteiger partial charge in [-0.05, 0) is 29.3 Å². The van der Waals surface area contributed by atoms with Gasteiger partial charge < -0.3 is 4.98 Å². The Balaban J connectivity index is 1.69. The van der Waals surface area contributed by atoms with Crippen LogP contribution in [0.25, 0.3) is 22.0 Å². The van der Waals surface area contributed by atoms with Crippen molar-refractivity contribution >= 4 is 44.1 Å². The number of hydrogen-bond donors (Lipinski definition) is 1. The summed E-state index contributed by atoms with van der Waals surface area (Å²) in [5.74, 6) is -0.287. The molecule has 0 radical (unpaired) electrons. The number of halogens is 1. The zero-order valence-electron chi connectivity index (χ0n) is 18.6. The second-order valence-electron chi connectivity index (χ2n) is 8.24. The number of nitrogens with one attached hydrogen (secondary N) is 1. The summed E-state index contributed by atoms with van der Waals surface area (Å²) in [7, 11) is 0. The molecular formula is C26H19BrN4O4. The first-order valence-corrected chi connectivity index (χ1v) is 11.7. The highest BCUT2D eigenvalue weighted by molar-refractivity contribution is 9.10. The lowest BCUT2D eigenvalue weighted by Crippen LogP contribution is -2.24. The van der Waals surface area contributed by atoms with Gasteiger partial charge in [0.25, 0.3) is 11.2 Å². The molecule has 1 aliphatic rings. The smallest absolute Gasteiger partial charge is 0.269 e. The van der Waals surface area contributed by atoms with Gasteiger partial charge in [-0.1, -0.05) is 58.4 Å². The lowest BCUT2D eigenvalue weighted by Gasteiger charge is -2.20. The number of carbonyl (C=O) groups is 1. The molecule has 4 aromatic rings. The summed E-state index contributed by atoms with van der Waals surface area (Å²) in [6.45, 7) is 1.41. The molecule has 1 aliphatic heterocycles. The number of hydrogen-bond acceptors (Lipinski definition) is 5. The fraction of sp³-hybridized carbons (Fsp3) is 0.115. The van der Waals surface area contributed by atoms with E-state index in [1.165, 1.54) is 24.1 Å². The number of amides is 1. The molecule has 1 N–H and O–H groups in total. The van der Waals surface area contributed by atoms with E-state index in [1.807, 2.05) is 48.5 Å². The van der Waals surface area contributed by atoms with Crippen LogP contribution in [0.3, 0.4) is 0 Å². The molecule has 1 aromatic heterocycles. The summed E-state index contributed by atoms with van der Waals surface area (Å²) in [6, 6.07) is 20.8. The largest absolute Gasteiger partial charge is 0.321 e. The van der Waals surface area contributed by atoms with Crippen molar-refractivity contribution in [3.8, 4) is 11.1 Å². The Kier molecular flexibility index (Phi) is 5.78. The predicted molar refractivity (Wildman–Crippen MR) is 137 cm³/mol. The number of H-pyrrole nitrogens is 1. The van der Waals surface area contributed by atoms with Crippen LogP contribution in [0.4, 0.5) is 5.69 Å². The Bertz CT molecular complexity index is 1560. The molecule has 174 valence electrons. The van der Waals surface area contributed by atoms with Crippen molar-refractivity contribution < 1.29 is 9.72 Å². The van der Waals surface area contributed by atoms with Crippen molar-refractivity contribution in [3.63, 3.8) is 0 Å². The molecule has 0 spiro atoms. The molecule has 3 aromatic carbocycles. The molecule has 9 heteroatoms. The summed E-state index contributed by atoms with van der Waals surface area (Å²) in [6.07, 6.45) is 0.291. The van der Waals surface area contributed by atoms with E-state index >= 15 is 0 Å². The van der Waals surface area contributed by atoms with Gasteiger partial charge >= 0.3 is 0 Å². The molecule has 1 amide bonds. The third-order valence-corrected chi connectivity index (χ3v) is 6.54. The number of non-ortho nitro benzene ring substituents is 1. The monoisotopic (exact) mass is 530 g/mol.